The molecule has 0 atom stereocenters. The number of hydrogen-bond donors (Lipinski definition) is 1. The highest BCUT2D eigenvalue weighted by molar-refractivity contribution is 5.74. The fourth-order valence-electron chi connectivity index (χ4n) is 3.22. The molecule has 0 aliphatic carbocycles. The number of urea groups is 1. The van der Waals surface area contributed by atoms with Crippen LogP contribution in [0.2, 0.25) is 0 Å². The Morgan fingerprint density at radius 2 is 1.96 bits per heavy atom. The largest absolute Gasteiger partial charge is 0.338 e. The fraction of sp³-hybridized carbons (Fsp3) is 0.556. The molecule has 27 heavy (non-hydrogen) atoms. The van der Waals surface area contributed by atoms with E-state index in [4.69, 9.17) is 0 Å². The molecular formula is C18H27N7O2. The van der Waals surface area contributed by atoms with E-state index >= 15 is 0 Å². The summed E-state index contributed by atoms with van der Waals surface area (Å²) in [6.07, 6.45) is 3.99. The van der Waals surface area contributed by atoms with Gasteiger partial charge in [-0.1, -0.05) is 6.07 Å². The van der Waals surface area contributed by atoms with Crippen LogP contribution in [-0.4, -0.2) is 74.4 Å². The van der Waals surface area contributed by atoms with Gasteiger partial charge in [0.1, 0.15) is 12.7 Å². The number of rotatable bonds is 7. The first kappa shape index (κ1) is 19.1. The standard InChI is InChI=1S/C18H27N7O2/c1-16-4-2-5-17(26)25(16)7-3-6-20-18(27)23-11-8-22(9-12-23)10-13-24-15-19-14-21-24/h2,4-5,14-15H,3,6-13H2,1H3,(H,20,27). The predicted octanol–water partition coefficient (Wildman–Crippen LogP) is 0.166. The van der Waals surface area contributed by atoms with E-state index in [1.54, 1.807) is 23.0 Å². The number of pyridine rings is 1. The number of amides is 2. The Hall–Kier alpha value is -2.68. The molecule has 3 rings (SSSR count). The van der Waals surface area contributed by atoms with E-state index < -0.39 is 0 Å². The van der Waals surface area contributed by atoms with Gasteiger partial charge in [-0.2, -0.15) is 5.10 Å². The van der Waals surface area contributed by atoms with Gasteiger partial charge in [0.25, 0.3) is 5.56 Å². The quantitative estimate of drug-likeness (QED) is 0.699. The first-order chi connectivity index (χ1) is 13.1. The lowest BCUT2D eigenvalue weighted by molar-refractivity contribution is 0.136. The third kappa shape index (κ3) is 5.40. The highest BCUT2D eigenvalue weighted by Crippen LogP contribution is 2.03. The van der Waals surface area contributed by atoms with Gasteiger partial charge >= 0.3 is 6.03 Å². The smallest absolute Gasteiger partial charge is 0.317 e. The van der Waals surface area contributed by atoms with Gasteiger partial charge in [-0.25, -0.2) is 9.78 Å². The van der Waals surface area contributed by atoms with Crippen molar-refractivity contribution >= 4 is 6.03 Å². The Kier molecular flexibility index (Phi) is 6.59. The third-order valence-corrected chi connectivity index (χ3v) is 4.87. The maximum absolute atomic E-state index is 12.3. The number of aryl methyl sites for hydroxylation is 1. The van der Waals surface area contributed by atoms with Crippen LogP contribution in [0.4, 0.5) is 4.79 Å². The number of nitrogens with one attached hydrogen (secondary N) is 1. The molecule has 0 spiro atoms. The molecule has 0 bridgehead atoms. The van der Waals surface area contributed by atoms with E-state index in [1.165, 1.54) is 6.33 Å². The summed E-state index contributed by atoms with van der Waals surface area (Å²) in [6, 6.07) is 5.22. The van der Waals surface area contributed by atoms with Gasteiger partial charge in [0.2, 0.25) is 0 Å². The van der Waals surface area contributed by atoms with Crippen molar-refractivity contribution in [3.63, 3.8) is 0 Å². The maximum atomic E-state index is 12.3. The van der Waals surface area contributed by atoms with Gasteiger partial charge < -0.3 is 14.8 Å². The van der Waals surface area contributed by atoms with Crippen molar-refractivity contribution in [2.75, 3.05) is 39.3 Å². The molecule has 2 aromatic heterocycles. The van der Waals surface area contributed by atoms with Crippen molar-refractivity contribution in [3.05, 3.63) is 46.9 Å². The van der Waals surface area contributed by atoms with Gasteiger partial charge in [0, 0.05) is 57.6 Å². The van der Waals surface area contributed by atoms with Crippen LogP contribution in [0.1, 0.15) is 12.1 Å². The zero-order chi connectivity index (χ0) is 19.1. The third-order valence-electron chi connectivity index (χ3n) is 4.87. The molecule has 9 heteroatoms. The molecule has 0 saturated carbocycles. The van der Waals surface area contributed by atoms with Crippen molar-refractivity contribution in [2.24, 2.45) is 0 Å². The molecule has 1 fully saturated rings. The molecule has 2 aromatic rings. The molecule has 2 amide bonds. The Balaban J connectivity index is 1.33. The second-order valence-electron chi connectivity index (χ2n) is 6.73. The average Bonchev–Trinajstić information content (AvgIpc) is 3.19. The lowest BCUT2D eigenvalue weighted by atomic mass is 10.3. The molecule has 3 heterocycles. The molecule has 0 radical (unpaired) electrons. The van der Waals surface area contributed by atoms with E-state index in [0.717, 1.165) is 51.4 Å². The molecule has 0 unspecified atom stereocenters. The number of carbonyl (C=O) groups is 1. The molecule has 0 aromatic carbocycles. The minimum Gasteiger partial charge on any atom is -0.338 e. The van der Waals surface area contributed by atoms with Crippen LogP contribution in [0.5, 0.6) is 0 Å². The highest BCUT2D eigenvalue weighted by atomic mass is 16.2. The van der Waals surface area contributed by atoms with Crippen LogP contribution in [0.25, 0.3) is 0 Å². The zero-order valence-corrected chi connectivity index (χ0v) is 15.8. The average molecular weight is 373 g/mol. The van der Waals surface area contributed by atoms with Crippen LogP contribution >= 0.6 is 0 Å². The van der Waals surface area contributed by atoms with Crippen LogP contribution in [0, 0.1) is 6.92 Å². The van der Waals surface area contributed by atoms with Gasteiger partial charge in [0.05, 0.1) is 6.54 Å². The summed E-state index contributed by atoms with van der Waals surface area (Å²) in [6.45, 7) is 7.98. The molecular weight excluding hydrogens is 346 g/mol. The molecule has 1 saturated heterocycles. The molecule has 9 nitrogen and oxygen atoms in total. The fourth-order valence-corrected chi connectivity index (χ4v) is 3.22. The highest BCUT2D eigenvalue weighted by Gasteiger charge is 2.20. The van der Waals surface area contributed by atoms with E-state index in [0.29, 0.717) is 13.1 Å². The maximum Gasteiger partial charge on any atom is 0.317 e. The summed E-state index contributed by atoms with van der Waals surface area (Å²) in [5, 5.41) is 7.06. The molecule has 1 aliphatic heterocycles. The lowest BCUT2D eigenvalue weighted by Crippen LogP contribution is -2.52. The molecule has 1 aliphatic rings. The number of aromatic nitrogens is 4. The summed E-state index contributed by atoms with van der Waals surface area (Å²) in [4.78, 5) is 32.2. The van der Waals surface area contributed by atoms with Crippen LogP contribution in [0.3, 0.4) is 0 Å². The monoisotopic (exact) mass is 373 g/mol. The minimum absolute atomic E-state index is 0.00309. The summed E-state index contributed by atoms with van der Waals surface area (Å²) >= 11 is 0. The topological polar surface area (TPSA) is 88.3 Å². The van der Waals surface area contributed by atoms with Gasteiger partial charge in [-0.15, -0.1) is 0 Å². The second-order valence-corrected chi connectivity index (χ2v) is 6.73. The first-order valence-electron chi connectivity index (χ1n) is 9.37. The van der Waals surface area contributed by atoms with Crippen molar-refractivity contribution in [3.8, 4) is 0 Å². The number of carbonyl (C=O) groups excluding carboxylic acids is 1. The zero-order valence-electron chi connectivity index (χ0n) is 15.8. The van der Waals surface area contributed by atoms with Gasteiger partial charge in [-0.3, -0.25) is 14.4 Å². The van der Waals surface area contributed by atoms with E-state index in [2.05, 4.69) is 20.3 Å². The summed E-state index contributed by atoms with van der Waals surface area (Å²) in [5.74, 6) is 0. The number of piperazine rings is 1. The van der Waals surface area contributed by atoms with Crippen molar-refractivity contribution < 1.29 is 4.79 Å². The summed E-state index contributed by atoms with van der Waals surface area (Å²) in [5.41, 5.74) is 0.944. The minimum atomic E-state index is -0.0249. The predicted molar refractivity (Wildman–Crippen MR) is 101 cm³/mol. The van der Waals surface area contributed by atoms with Gasteiger partial charge in [-0.05, 0) is 19.4 Å². The van der Waals surface area contributed by atoms with Crippen LogP contribution < -0.4 is 10.9 Å². The summed E-state index contributed by atoms with van der Waals surface area (Å²) < 4.78 is 3.55. The van der Waals surface area contributed by atoms with E-state index in [9.17, 15) is 9.59 Å². The van der Waals surface area contributed by atoms with Crippen molar-refractivity contribution in [1.82, 2.24) is 34.4 Å². The van der Waals surface area contributed by atoms with Gasteiger partial charge in [0.15, 0.2) is 0 Å². The van der Waals surface area contributed by atoms with E-state index in [1.807, 2.05) is 22.6 Å². The normalized spacial score (nSPS) is 15.1. The number of nitrogens with zero attached hydrogens (tertiary/aromatic N) is 6. The Bertz CT molecular complexity index is 779. The van der Waals surface area contributed by atoms with E-state index in [-0.39, 0.29) is 11.6 Å². The van der Waals surface area contributed by atoms with Crippen LogP contribution in [-0.2, 0) is 13.1 Å². The molecule has 146 valence electrons. The SMILES string of the molecule is Cc1cccc(=O)n1CCCNC(=O)N1CCN(CCn2cncn2)CC1. The summed E-state index contributed by atoms with van der Waals surface area (Å²) in [7, 11) is 0. The lowest BCUT2D eigenvalue weighted by Gasteiger charge is -2.34. The van der Waals surface area contributed by atoms with Crippen LogP contribution in [0.15, 0.2) is 35.6 Å². The number of hydrogen-bond acceptors (Lipinski definition) is 5. The van der Waals surface area contributed by atoms with Crippen molar-refractivity contribution in [1.29, 1.82) is 0 Å². The Morgan fingerprint density at radius 3 is 2.67 bits per heavy atom. The molecule has 1 N–H and O–H groups in total. The Labute approximate surface area is 158 Å². The first-order valence-corrected chi connectivity index (χ1v) is 9.37. The Morgan fingerprint density at radius 1 is 1.15 bits per heavy atom. The second kappa shape index (κ2) is 9.31. The van der Waals surface area contributed by atoms with Crippen molar-refractivity contribution in [2.45, 2.75) is 26.4 Å².